The monoisotopic (exact) mass is 649 g/mol. The molecule has 1 aromatic heterocycles. The van der Waals surface area contributed by atoms with E-state index >= 15 is 0 Å². The van der Waals surface area contributed by atoms with Crippen LogP contribution in [-0.4, -0.2) is 0 Å². The summed E-state index contributed by atoms with van der Waals surface area (Å²) in [7, 11) is 0. The maximum atomic E-state index is 2.48. The van der Waals surface area contributed by atoms with E-state index in [0.29, 0.717) is 0 Å². The van der Waals surface area contributed by atoms with Crippen LogP contribution in [0.2, 0.25) is 0 Å². The average Bonchev–Trinajstić information content (AvgIpc) is 3.59. The summed E-state index contributed by atoms with van der Waals surface area (Å²) in [5, 5.41) is 5.13. The summed E-state index contributed by atoms with van der Waals surface area (Å²) in [5.74, 6) is 0. The van der Waals surface area contributed by atoms with Gasteiger partial charge in [-0.2, -0.15) is 0 Å². The first kappa shape index (κ1) is 29.9. The molecular formula is C47H39NS. The van der Waals surface area contributed by atoms with Gasteiger partial charge in [0.25, 0.3) is 0 Å². The molecule has 7 aromatic carbocycles. The second-order valence-corrected chi connectivity index (χ2v) is 16.1. The standard InChI is InChI=1S/C47H39NS/c1-46(2,3)32-20-22-33(23-21-32)48(34-24-25-41-38(29-34)36-14-8-10-16-40(36)47(41,4)5)42-26-18-30-12-6-7-13-35(30)45(42)31-19-27-44-39(28-31)37-15-9-11-17-43(37)49-44/h6-29H,1-5H3. The van der Waals surface area contributed by atoms with E-state index in [2.05, 4.69) is 185 Å². The lowest BCUT2D eigenvalue weighted by Gasteiger charge is -2.30. The number of nitrogens with zero attached hydrogens (tertiary/aromatic N) is 1. The van der Waals surface area contributed by atoms with E-state index in [4.69, 9.17) is 0 Å². The predicted molar refractivity (Wildman–Crippen MR) is 213 cm³/mol. The summed E-state index contributed by atoms with van der Waals surface area (Å²) in [4.78, 5) is 2.48. The topological polar surface area (TPSA) is 3.24 Å². The first-order valence-corrected chi connectivity index (χ1v) is 18.1. The summed E-state index contributed by atoms with van der Waals surface area (Å²) in [6.07, 6.45) is 0. The molecule has 0 aliphatic heterocycles. The third-order valence-electron chi connectivity index (χ3n) is 10.6. The van der Waals surface area contributed by atoms with Crippen LogP contribution in [0.15, 0.2) is 146 Å². The summed E-state index contributed by atoms with van der Waals surface area (Å²) in [5.41, 5.74) is 12.7. The fourth-order valence-electron chi connectivity index (χ4n) is 8.02. The molecular weight excluding hydrogens is 611 g/mol. The highest BCUT2D eigenvalue weighted by atomic mass is 32.1. The summed E-state index contributed by atoms with van der Waals surface area (Å²) in [6.45, 7) is 11.6. The molecule has 0 amide bonds. The third-order valence-corrected chi connectivity index (χ3v) is 11.8. The average molecular weight is 650 g/mol. The molecule has 0 unspecified atom stereocenters. The number of thiophene rings is 1. The van der Waals surface area contributed by atoms with Crippen molar-refractivity contribution < 1.29 is 0 Å². The van der Waals surface area contributed by atoms with Gasteiger partial charge in [-0.3, -0.25) is 0 Å². The van der Waals surface area contributed by atoms with E-state index in [1.54, 1.807) is 0 Å². The van der Waals surface area contributed by atoms with Crippen LogP contribution in [0.4, 0.5) is 17.1 Å². The van der Waals surface area contributed by atoms with Crippen LogP contribution in [0.25, 0.3) is 53.2 Å². The Morgan fingerprint density at radius 1 is 0.531 bits per heavy atom. The van der Waals surface area contributed by atoms with Crippen LogP contribution in [-0.2, 0) is 10.8 Å². The van der Waals surface area contributed by atoms with Gasteiger partial charge in [-0.1, -0.05) is 132 Å². The highest BCUT2D eigenvalue weighted by molar-refractivity contribution is 7.25. The molecule has 2 heteroatoms. The molecule has 1 aliphatic carbocycles. The van der Waals surface area contributed by atoms with Gasteiger partial charge in [0.1, 0.15) is 0 Å². The van der Waals surface area contributed by atoms with Crippen LogP contribution < -0.4 is 4.90 Å². The molecule has 0 saturated carbocycles. The Morgan fingerprint density at radius 3 is 2.02 bits per heavy atom. The van der Waals surface area contributed by atoms with Crippen molar-refractivity contribution in [3.63, 3.8) is 0 Å². The highest BCUT2D eigenvalue weighted by Crippen LogP contribution is 2.52. The number of fused-ring (bicyclic) bond motifs is 7. The van der Waals surface area contributed by atoms with Crippen molar-refractivity contribution in [2.45, 2.75) is 45.4 Å². The van der Waals surface area contributed by atoms with Crippen molar-refractivity contribution in [1.82, 2.24) is 0 Å². The van der Waals surface area contributed by atoms with Crippen LogP contribution in [0.1, 0.15) is 51.3 Å². The van der Waals surface area contributed by atoms with E-state index in [0.717, 1.165) is 11.4 Å². The Balaban J connectivity index is 1.33. The minimum atomic E-state index is -0.0452. The summed E-state index contributed by atoms with van der Waals surface area (Å²) >= 11 is 1.87. The molecule has 8 aromatic rings. The maximum absolute atomic E-state index is 2.48. The smallest absolute Gasteiger partial charge is 0.0546 e. The van der Waals surface area contributed by atoms with Gasteiger partial charge in [-0.25, -0.2) is 0 Å². The minimum absolute atomic E-state index is 0.0452. The van der Waals surface area contributed by atoms with Gasteiger partial charge < -0.3 is 4.90 Å². The van der Waals surface area contributed by atoms with E-state index in [9.17, 15) is 0 Å². The number of hydrogen-bond donors (Lipinski definition) is 0. The third kappa shape index (κ3) is 4.73. The van der Waals surface area contributed by atoms with Crippen LogP contribution in [0, 0.1) is 0 Å². The number of hydrogen-bond acceptors (Lipinski definition) is 2. The summed E-state index contributed by atoms with van der Waals surface area (Å²) in [6, 6.07) is 54.6. The lowest BCUT2D eigenvalue weighted by Crippen LogP contribution is -2.16. The predicted octanol–water partition coefficient (Wildman–Crippen LogP) is 13.9. The zero-order chi connectivity index (χ0) is 33.5. The second kappa shape index (κ2) is 10.9. The fraction of sp³-hybridized carbons (Fsp3) is 0.149. The van der Waals surface area contributed by atoms with Gasteiger partial charge in [0, 0.05) is 42.5 Å². The van der Waals surface area contributed by atoms with Crippen molar-refractivity contribution in [3.05, 3.63) is 162 Å². The zero-order valence-corrected chi connectivity index (χ0v) is 29.5. The molecule has 1 aliphatic rings. The Bertz CT molecular complexity index is 2560. The van der Waals surface area contributed by atoms with Crippen molar-refractivity contribution >= 4 is 59.3 Å². The maximum Gasteiger partial charge on any atom is 0.0546 e. The first-order chi connectivity index (χ1) is 23.7. The van der Waals surface area contributed by atoms with Crippen molar-refractivity contribution in [1.29, 1.82) is 0 Å². The van der Waals surface area contributed by atoms with E-state index in [-0.39, 0.29) is 10.8 Å². The molecule has 0 N–H and O–H groups in total. The van der Waals surface area contributed by atoms with Crippen molar-refractivity contribution in [2.24, 2.45) is 0 Å². The van der Waals surface area contributed by atoms with E-state index < -0.39 is 0 Å². The van der Waals surface area contributed by atoms with Gasteiger partial charge in [0.2, 0.25) is 0 Å². The Morgan fingerprint density at radius 2 is 1.20 bits per heavy atom. The first-order valence-electron chi connectivity index (χ1n) is 17.3. The lowest BCUT2D eigenvalue weighted by atomic mass is 9.82. The lowest BCUT2D eigenvalue weighted by molar-refractivity contribution is 0.590. The number of anilines is 3. The van der Waals surface area contributed by atoms with Crippen LogP contribution in [0.3, 0.4) is 0 Å². The molecule has 0 spiro atoms. The molecule has 49 heavy (non-hydrogen) atoms. The van der Waals surface area contributed by atoms with Gasteiger partial charge in [-0.05, 0) is 98.1 Å². The Hall–Kier alpha value is -5.18. The van der Waals surface area contributed by atoms with E-state index in [1.807, 2.05) is 11.3 Å². The second-order valence-electron chi connectivity index (χ2n) is 15.0. The normalized spacial score (nSPS) is 13.6. The molecule has 0 fully saturated rings. The molecule has 9 rings (SSSR count). The number of benzene rings is 7. The fourth-order valence-corrected chi connectivity index (χ4v) is 9.10. The molecule has 0 atom stereocenters. The zero-order valence-electron chi connectivity index (χ0n) is 28.7. The molecule has 0 saturated heterocycles. The largest absolute Gasteiger partial charge is 0.310 e. The Kier molecular flexibility index (Phi) is 6.67. The number of rotatable bonds is 4. The van der Waals surface area contributed by atoms with Gasteiger partial charge in [-0.15, -0.1) is 11.3 Å². The van der Waals surface area contributed by atoms with Crippen LogP contribution >= 0.6 is 11.3 Å². The molecule has 0 radical (unpaired) electrons. The highest BCUT2D eigenvalue weighted by Gasteiger charge is 2.35. The molecule has 0 bridgehead atoms. The molecule has 1 nitrogen and oxygen atoms in total. The van der Waals surface area contributed by atoms with Crippen molar-refractivity contribution in [3.8, 4) is 22.3 Å². The Labute approximate surface area is 293 Å². The van der Waals surface area contributed by atoms with Gasteiger partial charge in [0.15, 0.2) is 0 Å². The SMILES string of the molecule is CC(C)(C)c1ccc(N(c2ccc3c(c2)-c2ccccc2C3(C)C)c2ccc3ccccc3c2-c2ccc3sc4ccccc4c3c2)cc1. The van der Waals surface area contributed by atoms with E-state index in [1.165, 1.54) is 75.6 Å². The minimum Gasteiger partial charge on any atom is -0.310 e. The van der Waals surface area contributed by atoms with Gasteiger partial charge in [0.05, 0.1) is 5.69 Å². The molecule has 238 valence electrons. The van der Waals surface area contributed by atoms with Gasteiger partial charge >= 0.3 is 0 Å². The van der Waals surface area contributed by atoms with Crippen molar-refractivity contribution in [2.75, 3.05) is 4.90 Å². The molecule has 1 heterocycles. The summed E-state index contributed by atoms with van der Waals surface area (Å²) < 4.78 is 2.65. The quantitative estimate of drug-likeness (QED) is 0.183. The van der Waals surface area contributed by atoms with Crippen LogP contribution in [0.5, 0.6) is 0 Å².